The van der Waals surface area contributed by atoms with Crippen LogP contribution in [0.25, 0.3) is 0 Å². The average Bonchev–Trinajstić information content (AvgIpc) is 3.24. The molecule has 7 nitrogen and oxygen atoms in total. The highest BCUT2D eigenvalue weighted by atomic mass is 16.2. The SMILES string of the molecule is CN(C)C[C@H](NC(=O)c1cccn(CC(=O)N2CCCC2)c1=O)c1ccccc1. The lowest BCUT2D eigenvalue weighted by molar-refractivity contribution is -0.130. The highest BCUT2D eigenvalue weighted by Crippen LogP contribution is 2.14. The summed E-state index contributed by atoms with van der Waals surface area (Å²) < 4.78 is 1.32. The molecule has 1 N–H and O–H groups in total. The van der Waals surface area contributed by atoms with Crippen LogP contribution >= 0.6 is 0 Å². The Morgan fingerprint density at radius 2 is 1.76 bits per heavy atom. The molecule has 29 heavy (non-hydrogen) atoms. The summed E-state index contributed by atoms with van der Waals surface area (Å²) in [5.41, 5.74) is 0.561. The number of nitrogens with one attached hydrogen (secondary N) is 1. The predicted molar refractivity (Wildman–Crippen MR) is 112 cm³/mol. The second-order valence-corrected chi connectivity index (χ2v) is 7.64. The first kappa shape index (κ1) is 20.8. The Hall–Kier alpha value is -2.93. The summed E-state index contributed by atoms with van der Waals surface area (Å²) in [5.74, 6) is -0.523. The number of pyridine rings is 1. The van der Waals surface area contributed by atoms with Gasteiger partial charge >= 0.3 is 0 Å². The largest absolute Gasteiger partial charge is 0.344 e. The number of nitrogens with zero attached hydrogens (tertiary/aromatic N) is 3. The maximum absolute atomic E-state index is 12.9. The van der Waals surface area contributed by atoms with E-state index in [-0.39, 0.29) is 24.1 Å². The van der Waals surface area contributed by atoms with Crippen molar-refractivity contribution >= 4 is 11.8 Å². The molecule has 0 radical (unpaired) electrons. The van der Waals surface area contributed by atoms with E-state index in [1.807, 2.05) is 49.3 Å². The van der Waals surface area contributed by atoms with Gasteiger partial charge in [-0.05, 0) is 44.6 Å². The molecule has 0 saturated carbocycles. The maximum atomic E-state index is 12.9. The zero-order valence-corrected chi connectivity index (χ0v) is 17.0. The van der Waals surface area contributed by atoms with Gasteiger partial charge in [-0.1, -0.05) is 30.3 Å². The summed E-state index contributed by atoms with van der Waals surface area (Å²) >= 11 is 0. The van der Waals surface area contributed by atoms with Crippen LogP contribution in [0.5, 0.6) is 0 Å². The molecule has 2 heterocycles. The number of hydrogen-bond acceptors (Lipinski definition) is 4. The van der Waals surface area contributed by atoms with E-state index in [1.165, 1.54) is 10.6 Å². The zero-order valence-electron chi connectivity index (χ0n) is 17.0. The lowest BCUT2D eigenvalue weighted by Crippen LogP contribution is -2.40. The standard InChI is InChI=1S/C22H28N4O3/c1-24(2)15-19(17-9-4-3-5-10-17)23-21(28)18-11-8-14-26(22(18)29)16-20(27)25-12-6-7-13-25/h3-5,8-11,14,19H,6-7,12-13,15-16H2,1-2H3,(H,23,28)/t19-/m0/s1. The molecule has 7 heteroatoms. The van der Waals surface area contributed by atoms with Gasteiger partial charge in [-0.15, -0.1) is 0 Å². The van der Waals surface area contributed by atoms with Crippen molar-refractivity contribution in [2.24, 2.45) is 0 Å². The number of amides is 2. The first-order valence-electron chi connectivity index (χ1n) is 9.93. The summed E-state index contributed by atoms with van der Waals surface area (Å²) in [4.78, 5) is 41.8. The van der Waals surface area contributed by atoms with Crippen LogP contribution in [0.1, 0.15) is 34.8 Å². The van der Waals surface area contributed by atoms with E-state index in [0.717, 1.165) is 31.5 Å². The van der Waals surface area contributed by atoms with Crippen LogP contribution in [0.3, 0.4) is 0 Å². The van der Waals surface area contributed by atoms with Crippen molar-refractivity contribution in [3.63, 3.8) is 0 Å². The van der Waals surface area contributed by atoms with Gasteiger partial charge in [-0.25, -0.2) is 0 Å². The first-order valence-corrected chi connectivity index (χ1v) is 9.93. The third-order valence-electron chi connectivity index (χ3n) is 5.08. The summed E-state index contributed by atoms with van der Waals surface area (Å²) in [7, 11) is 3.86. The van der Waals surface area contributed by atoms with E-state index in [0.29, 0.717) is 6.54 Å². The third-order valence-corrected chi connectivity index (χ3v) is 5.08. The minimum Gasteiger partial charge on any atom is -0.344 e. The topological polar surface area (TPSA) is 74.7 Å². The van der Waals surface area contributed by atoms with Gasteiger partial charge in [0.2, 0.25) is 5.91 Å². The Morgan fingerprint density at radius 1 is 1.07 bits per heavy atom. The molecule has 0 bridgehead atoms. The molecule has 2 amide bonds. The number of likely N-dealkylation sites (tertiary alicyclic amines) is 1. The summed E-state index contributed by atoms with van der Waals surface area (Å²) in [5, 5.41) is 2.97. The van der Waals surface area contributed by atoms with Crippen molar-refractivity contribution in [2.45, 2.75) is 25.4 Å². The molecule has 154 valence electrons. The molecule has 1 aliphatic rings. The Balaban J connectivity index is 1.77. The van der Waals surface area contributed by atoms with Crippen LogP contribution in [0, 0.1) is 0 Å². The van der Waals surface area contributed by atoms with Gasteiger partial charge in [0.1, 0.15) is 12.1 Å². The van der Waals surface area contributed by atoms with Crippen LogP contribution in [0.2, 0.25) is 0 Å². The Labute approximate surface area is 170 Å². The molecule has 1 fully saturated rings. The average molecular weight is 396 g/mol. The van der Waals surface area contributed by atoms with E-state index in [1.54, 1.807) is 17.2 Å². The van der Waals surface area contributed by atoms with Crippen LogP contribution in [0.4, 0.5) is 0 Å². The van der Waals surface area contributed by atoms with Crippen LogP contribution in [-0.4, -0.2) is 59.9 Å². The smallest absolute Gasteiger partial charge is 0.263 e. The Morgan fingerprint density at radius 3 is 2.41 bits per heavy atom. The first-order chi connectivity index (χ1) is 14.0. The second-order valence-electron chi connectivity index (χ2n) is 7.64. The fraction of sp³-hybridized carbons (Fsp3) is 0.409. The summed E-state index contributed by atoms with van der Waals surface area (Å²) in [6.07, 6.45) is 3.55. The number of carbonyl (C=O) groups is 2. The lowest BCUT2D eigenvalue weighted by atomic mass is 10.1. The van der Waals surface area contributed by atoms with E-state index >= 15 is 0 Å². The van der Waals surface area contributed by atoms with Crippen molar-refractivity contribution in [3.8, 4) is 0 Å². The molecular weight excluding hydrogens is 368 g/mol. The third kappa shape index (κ3) is 5.32. The monoisotopic (exact) mass is 396 g/mol. The number of carbonyl (C=O) groups excluding carboxylic acids is 2. The molecular formula is C22H28N4O3. The summed E-state index contributed by atoms with van der Waals surface area (Å²) in [6, 6.07) is 12.6. The van der Waals surface area contributed by atoms with Crippen molar-refractivity contribution < 1.29 is 9.59 Å². The highest BCUT2D eigenvalue weighted by Gasteiger charge is 2.21. The Bertz CT molecular complexity index is 902. The van der Waals surface area contributed by atoms with E-state index in [9.17, 15) is 14.4 Å². The van der Waals surface area contributed by atoms with Gasteiger partial charge in [-0.3, -0.25) is 14.4 Å². The van der Waals surface area contributed by atoms with Gasteiger partial charge in [0, 0.05) is 25.8 Å². The van der Waals surface area contributed by atoms with Gasteiger partial charge in [-0.2, -0.15) is 0 Å². The van der Waals surface area contributed by atoms with Gasteiger partial charge < -0.3 is 19.7 Å². The highest BCUT2D eigenvalue weighted by molar-refractivity contribution is 5.94. The van der Waals surface area contributed by atoms with E-state index < -0.39 is 11.5 Å². The minimum atomic E-state index is -0.450. The molecule has 1 aliphatic heterocycles. The van der Waals surface area contributed by atoms with Crippen molar-refractivity contribution in [3.05, 3.63) is 70.1 Å². The molecule has 2 aromatic rings. The number of hydrogen-bond donors (Lipinski definition) is 1. The molecule has 0 spiro atoms. The fourth-order valence-electron chi connectivity index (χ4n) is 3.57. The van der Waals surface area contributed by atoms with Crippen molar-refractivity contribution in [1.29, 1.82) is 0 Å². The second kappa shape index (κ2) is 9.52. The van der Waals surface area contributed by atoms with Crippen molar-refractivity contribution in [2.75, 3.05) is 33.7 Å². The van der Waals surface area contributed by atoms with Crippen molar-refractivity contribution in [1.82, 2.24) is 19.7 Å². The van der Waals surface area contributed by atoms with Crippen LogP contribution < -0.4 is 10.9 Å². The molecule has 1 atom stereocenters. The molecule has 3 rings (SSSR count). The summed E-state index contributed by atoms with van der Waals surface area (Å²) in [6.45, 7) is 2.03. The molecule has 1 saturated heterocycles. The molecule has 0 unspecified atom stereocenters. The molecule has 0 aliphatic carbocycles. The van der Waals surface area contributed by atoms with E-state index in [2.05, 4.69) is 5.32 Å². The van der Waals surface area contributed by atoms with Gasteiger partial charge in [0.05, 0.1) is 6.04 Å². The molecule has 1 aromatic carbocycles. The zero-order chi connectivity index (χ0) is 20.8. The fourth-order valence-corrected chi connectivity index (χ4v) is 3.57. The Kier molecular flexibility index (Phi) is 6.82. The van der Waals surface area contributed by atoms with Crippen LogP contribution in [-0.2, 0) is 11.3 Å². The maximum Gasteiger partial charge on any atom is 0.263 e. The minimum absolute atomic E-state index is 0.0419. The number of rotatable bonds is 7. The van der Waals surface area contributed by atoms with Gasteiger partial charge in [0.25, 0.3) is 11.5 Å². The number of likely N-dealkylation sites (N-methyl/N-ethyl adjacent to an activating group) is 1. The van der Waals surface area contributed by atoms with E-state index in [4.69, 9.17) is 0 Å². The van der Waals surface area contributed by atoms with Crippen LogP contribution in [0.15, 0.2) is 53.5 Å². The number of aromatic nitrogens is 1. The lowest BCUT2D eigenvalue weighted by Gasteiger charge is -2.23. The quantitative estimate of drug-likeness (QED) is 0.770. The molecule has 1 aromatic heterocycles. The predicted octanol–water partition coefficient (Wildman–Crippen LogP) is 1.50. The normalized spacial score (nSPS) is 14.8. The van der Waals surface area contributed by atoms with Gasteiger partial charge in [0.15, 0.2) is 0 Å². The number of benzene rings is 1.